The van der Waals surface area contributed by atoms with Gasteiger partial charge in [0.2, 0.25) is 0 Å². The average Bonchev–Trinajstić information content (AvgIpc) is 1.19. The molecule has 0 aromatic carbocycles. The van der Waals surface area contributed by atoms with Crippen LogP contribution in [0.1, 0.15) is 0 Å². The zero-order valence-corrected chi connectivity index (χ0v) is 7.27. The van der Waals surface area contributed by atoms with Gasteiger partial charge in [-0.2, -0.15) is 0 Å². The summed E-state index contributed by atoms with van der Waals surface area (Å²) in [5.74, 6) is 0. The van der Waals surface area contributed by atoms with Crippen LogP contribution in [0.15, 0.2) is 0 Å². The first-order valence-corrected chi connectivity index (χ1v) is 6.35. The molecule has 4 nitrogen and oxygen atoms in total. The fraction of sp³-hybridized carbons (Fsp3) is 1.00. The zero-order chi connectivity index (χ0) is 8.08. The Bertz CT molecular complexity index is 52.6. The van der Waals surface area contributed by atoms with Crippen molar-refractivity contribution in [1.29, 1.82) is 0 Å². The first kappa shape index (κ1) is 12.1. The molecule has 0 heterocycles. The highest BCUT2D eigenvalue weighted by molar-refractivity contribution is 6.54. The van der Waals surface area contributed by atoms with E-state index in [1.165, 1.54) is 0 Å². The number of rotatable bonds is 0. The largest absolute Gasteiger partial charge is 0.304 e. The highest BCUT2D eigenvalue weighted by Crippen LogP contribution is 1.68. The van der Waals surface area contributed by atoms with Crippen molar-refractivity contribution >= 4 is 8.80 Å². The molecule has 0 rings (SSSR count). The Morgan fingerprint density at radius 2 is 0.889 bits per heavy atom. The molecule has 0 fully saturated rings. The summed E-state index contributed by atoms with van der Waals surface area (Å²) in [4.78, 5) is 0. The summed E-state index contributed by atoms with van der Waals surface area (Å²) in [6.07, 6.45) is 0. The summed E-state index contributed by atoms with van der Waals surface area (Å²) in [5.41, 5.74) is 0. The Morgan fingerprint density at radius 1 is 0.889 bits per heavy atom. The van der Waals surface area contributed by atoms with E-state index in [4.69, 9.17) is 18.6 Å². The lowest BCUT2D eigenvalue weighted by molar-refractivity contribution is -2.00. The molecule has 0 unspecified atom stereocenters. The lowest BCUT2D eigenvalue weighted by atomic mass is 11.8. The monoisotopic (exact) mass is 172 g/mol. The van der Waals surface area contributed by atoms with Gasteiger partial charge < -0.3 is 0 Å². The summed E-state index contributed by atoms with van der Waals surface area (Å²) in [6, 6.07) is 0. The van der Waals surface area contributed by atoms with Gasteiger partial charge in [0.15, 0.2) is 0 Å². The molecule has 0 N–H and O–H groups in total. The fourth-order valence-electron chi connectivity index (χ4n) is 0. The van der Waals surface area contributed by atoms with Gasteiger partial charge in [-0.25, -0.2) is 18.6 Å². The van der Waals surface area contributed by atoms with Gasteiger partial charge in [-0.15, -0.1) is 10.2 Å². The van der Waals surface area contributed by atoms with Crippen molar-refractivity contribution in [1.82, 2.24) is 0 Å². The molecule has 0 spiro atoms. The smallest absolute Gasteiger partial charge is 0.222 e. The molecule has 0 aliphatic heterocycles. The second-order valence-electron chi connectivity index (χ2n) is 1.88. The van der Waals surface area contributed by atoms with Gasteiger partial charge in [0.05, 0.1) is 19.6 Å². The van der Waals surface area contributed by atoms with Crippen LogP contribution < -0.4 is 18.6 Å². The molecule has 0 aromatic heterocycles. The summed E-state index contributed by atoms with van der Waals surface area (Å²) in [6.45, 7) is 6.81. The van der Waals surface area contributed by atoms with Crippen LogP contribution in [0, 0.1) is 10.2 Å². The fourth-order valence-corrected chi connectivity index (χ4v) is 0. The lowest BCUT2D eigenvalue weighted by Gasteiger charge is -2.17. The molecule has 56 valence electrons. The maximum Gasteiger partial charge on any atom is 0.304 e. The number of halogens is 1. The molecule has 0 saturated carbocycles. The first-order valence-electron chi connectivity index (χ1n) is 2.12. The molecule has 0 atom stereocenters. The minimum Gasteiger partial charge on any atom is -0.222 e. The summed E-state index contributed by atoms with van der Waals surface area (Å²) >= 11 is 0. The van der Waals surface area contributed by atoms with Gasteiger partial charge >= 0.3 is 8.80 Å². The SMILES string of the molecule is C[Si+](C)C.[O-][Cl+3]([O-])([O-])[O-]. The van der Waals surface area contributed by atoms with Crippen LogP contribution in [0.4, 0.5) is 0 Å². The molecule has 9 heavy (non-hydrogen) atoms. The molecular formula is C3H9ClO4Si. The van der Waals surface area contributed by atoms with Crippen molar-refractivity contribution < 1.29 is 28.9 Å². The standard InChI is InChI=1S/C3H9Si.ClHO4/c1-4(2)3;2-1(3,4)5/h1-3H3;(H,2,3,4,5)/q+1;/p-1. The average molecular weight is 173 g/mol. The summed E-state index contributed by atoms with van der Waals surface area (Å²) in [7, 11) is -4.82. The van der Waals surface area contributed by atoms with Crippen LogP contribution in [0.25, 0.3) is 0 Å². The normalized spacial score (nSPS) is 9.67. The second kappa shape index (κ2) is 5.16. The number of hydrogen-bond acceptors (Lipinski definition) is 4. The van der Waals surface area contributed by atoms with Crippen LogP contribution in [-0.4, -0.2) is 8.80 Å². The Labute approximate surface area is 58.1 Å². The van der Waals surface area contributed by atoms with E-state index < -0.39 is 10.2 Å². The molecule has 0 radical (unpaired) electrons. The minimum absolute atomic E-state index is 0.120. The van der Waals surface area contributed by atoms with Crippen molar-refractivity contribution in [2.45, 2.75) is 19.6 Å². The van der Waals surface area contributed by atoms with Crippen molar-refractivity contribution in [3.63, 3.8) is 0 Å². The Morgan fingerprint density at radius 3 is 0.889 bits per heavy atom. The van der Waals surface area contributed by atoms with E-state index in [9.17, 15) is 0 Å². The minimum atomic E-state index is -4.94. The first-order chi connectivity index (χ1) is 3.73. The van der Waals surface area contributed by atoms with E-state index in [1.807, 2.05) is 0 Å². The summed E-state index contributed by atoms with van der Waals surface area (Å²) in [5, 5.41) is 0. The zero-order valence-electron chi connectivity index (χ0n) is 5.51. The third-order valence-electron chi connectivity index (χ3n) is 0. The third kappa shape index (κ3) is 2790. The van der Waals surface area contributed by atoms with Crippen LogP contribution in [0.5, 0.6) is 0 Å². The van der Waals surface area contributed by atoms with E-state index in [2.05, 4.69) is 19.6 Å². The van der Waals surface area contributed by atoms with Crippen LogP contribution in [0.2, 0.25) is 19.6 Å². The molecule has 6 heteroatoms. The molecule has 0 bridgehead atoms. The van der Waals surface area contributed by atoms with Gasteiger partial charge in [0.25, 0.3) is 0 Å². The van der Waals surface area contributed by atoms with Crippen LogP contribution in [0.3, 0.4) is 0 Å². The Balaban J connectivity index is 0. The topological polar surface area (TPSA) is 92.2 Å². The Kier molecular flexibility index (Phi) is 6.91. The highest BCUT2D eigenvalue weighted by atomic mass is 35.7. The van der Waals surface area contributed by atoms with Crippen molar-refractivity contribution in [2.75, 3.05) is 0 Å². The molecule has 0 saturated heterocycles. The van der Waals surface area contributed by atoms with E-state index in [1.54, 1.807) is 0 Å². The number of hydrogen-bond donors (Lipinski definition) is 0. The Hall–Kier alpha value is 0.347. The van der Waals surface area contributed by atoms with Gasteiger partial charge in [-0.1, -0.05) is 0 Å². The van der Waals surface area contributed by atoms with Crippen LogP contribution in [-0.2, 0) is 0 Å². The van der Waals surface area contributed by atoms with Gasteiger partial charge in [0, 0.05) is 0 Å². The highest BCUT2D eigenvalue weighted by Gasteiger charge is 1.92. The van der Waals surface area contributed by atoms with E-state index in [-0.39, 0.29) is 8.80 Å². The molecule has 0 aliphatic rings. The van der Waals surface area contributed by atoms with Crippen molar-refractivity contribution in [2.24, 2.45) is 0 Å². The van der Waals surface area contributed by atoms with Gasteiger partial charge in [0.1, 0.15) is 0 Å². The maximum atomic E-state index is 8.49. The summed E-state index contributed by atoms with van der Waals surface area (Å²) < 4.78 is 34.0. The van der Waals surface area contributed by atoms with Gasteiger partial charge in [-0.05, 0) is 0 Å². The van der Waals surface area contributed by atoms with Crippen LogP contribution >= 0.6 is 0 Å². The third-order valence-corrected chi connectivity index (χ3v) is 0. The van der Waals surface area contributed by atoms with Crippen molar-refractivity contribution in [3.05, 3.63) is 0 Å². The molecule has 0 amide bonds. The van der Waals surface area contributed by atoms with Gasteiger partial charge in [-0.3, -0.25) is 0 Å². The second-order valence-corrected chi connectivity index (χ2v) is 5.63. The van der Waals surface area contributed by atoms with Crippen molar-refractivity contribution in [3.8, 4) is 0 Å². The van der Waals surface area contributed by atoms with E-state index in [0.29, 0.717) is 0 Å². The predicted octanol–water partition coefficient (Wildman–Crippen LogP) is -3.39. The molecule has 0 aliphatic carbocycles. The quantitative estimate of drug-likeness (QED) is 0.357. The maximum absolute atomic E-state index is 8.49. The molecule has 0 aromatic rings. The lowest BCUT2D eigenvalue weighted by Crippen LogP contribution is -2.68. The predicted molar refractivity (Wildman–Crippen MR) is 23.3 cm³/mol. The van der Waals surface area contributed by atoms with E-state index in [0.717, 1.165) is 0 Å². The van der Waals surface area contributed by atoms with E-state index >= 15 is 0 Å². The molecular weight excluding hydrogens is 164 g/mol.